The number of nitrogens with one attached hydrogen (secondary N) is 1. The highest BCUT2D eigenvalue weighted by Gasteiger charge is 2.28. The van der Waals surface area contributed by atoms with Crippen molar-refractivity contribution in [2.75, 3.05) is 25.6 Å². The Kier molecular flexibility index (Phi) is 6.02. The van der Waals surface area contributed by atoms with Gasteiger partial charge in [0.15, 0.2) is 0 Å². The fourth-order valence-corrected chi connectivity index (χ4v) is 2.57. The van der Waals surface area contributed by atoms with Gasteiger partial charge in [0.1, 0.15) is 5.75 Å². The van der Waals surface area contributed by atoms with Crippen LogP contribution in [-0.2, 0) is 9.53 Å². The third-order valence-electron chi connectivity index (χ3n) is 3.74. The Hall–Kier alpha value is -1.59. The summed E-state index contributed by atoms with van der Waals surface area (Å²) < 4.78 is 10.7. The molecule has 1 aliphatic rings. The monoisotopic (exact) mass is 292 g/mol. The maximum absolute atomic E-state index is 12.2. The molecule has 0 aromatic heterocycles. The van der Waals surface area contributed by atoms with Gasteiger partial charge in [-0.25, -0.2) is 0 Å². The normalized spacial score (nSPS) is 21.2. The van der Waals surface area contributed by atoms with Crippen LogP contribution < -0.4 is 15.8 Å². The fraction of sp³-hybridized carbons (Fsp3) is 0.562. The maximum atomic E-state index is 12.2. The molecule has 5 nitrogen and oxygen atoms in total. The first kappa shape index (κ1) is 15.8. The third kappa shape index (κ3) is 4.72. The van der Waals surface area contributed by atoms with Crippen LogP contribution in [0.1, 0.15) is 25.7 Å². The van der Waals surface area contributed by atoms with E-state index in [0.717, 1.165) is 31.4 Å². The number of anilines is 1. The largest absolute Gasteiger partial charge is 0.491 e. The van der Waals surface area contributed by atoms with E-state index in [1.165, 1.54) is 0 Å². The Bertz CT molecular complexity index is 465. The molecule has 5 heteroatoms. The molecule has 3 N–H and O–H groups in total. The molecule has 116 valence electrons. The average molecular weight is 292 g/mol. The molecule has 1 amide bonds. The summed E-state index contributed by atoms with van der Waals surface area (Å²) in [6, 6.07) is 7.66. The standard InChI is InChI=1S/C16H24N2O3/c1-20-9-4-10-21-15-6-3-2-5-14(15)18-16(19)12-7-8-13(17)11-12/h2-3,5-6,12-13H,4,7-11,17H2,1H3,(H,18,19). The number of hydrogen-bond acceptors (Lipinski definition) is 4. The van der Waals surface area contributed by atoms with Gasteiger partial charge < -0.3 is 20.5 Å². The van der Waals surface area contributed by atoms with Gasteiger partial charge in [-0.3, -0.25) is 4.79 Å². The van der Waals surface area contributed by atoms with E-state index >= 15 is 0 Å². The molecule has 2 rings (SSSR count). The van der Waals surface area contributed by atoms with Crippen molar-refractivity contribution in [1.29, 1.82) is 0 Å². The number of carbonyl (C=O) groups is 1. The van der Waals surface area contributed by atoms with Gasteiger partial charge in [-0.1, -0.05) is 12.1 Å². The Balaban J connectivity index is 1.91. The van der Waals surface area contributed by atoms with Crippen LogP contribution in [0.3, 0.4) is 0 Å². The highest BCUT2D eigenvalue weighted by molar-refractivity contribution is 5.94. The van der Waals surface area contributed by atoms with Crippen LogP contribution in [0.5, 0.6) is 5.75 Å². The van der Waals surface area contributed by atoms with Crippen molar-refractivity contribution < 1.29 is 14.3 Å². The summed E-state index contributed by atoms with van der Waals surface area (Å²) >= 11 is 0. The molecule has 0 aliphatic heterocycles. The van der Waals surface area contributed by atoms with Crippen molar-refractivity contribution in [3.05, 3.63) is 24.3 Å². The van der Waals surface area contributed by atoms with Gasteiger partial charge in [0, 0.05) is 32.1 Å². The Labute approximate surface area is 125 Å². The van der Waals surface area contributed by atoms with Crippen molar-refractivity contribution in [3.63, 3.8) is 0 Å². The number of rotatable bonds is 7. The molecule has 0 radical (unpaired) electrons. The minimum atomic E-state index is 0.0153. The molecule has 2 unspecified atom stereocenters. The van der Waals surface area contributed by atoms with E-state index in [-0.39, 0.29) is 17.9 Å². The molecule has 1 saturated carbocycles. The summed E-state index contributed by atoms with van der Waals surface area (Å²) in [5.74, 6) is 0.752. The van der Waals surface area contributed by atoms with Gasteiger partial charge >= 0.3 is 0 Å². The number of carbonyl (C=O) groups excluding carboxylic acids is 1. The van der Waals surface area contributed by atoms with Gasteiger partial charge in [0.2, 0.25) is 5.91 Å². The average Bonchev–Trinajstić information content (AvgIpc) is 2.92. The minimum absolute atomic E-state index is 0.0153. The predicted octanol–water partition coefficient (Wildman–Crippen LogP) is 2.17. The SMILES string of the molecule is COCCCOc1ccccc1NC(=O)C1CCC(N)C1. The van der Waals surface area contributed by atoms with Crippen molar-refractivity contribution in [2.24, 2.45) is 11.7 Å². The van der Waals surface area contributed by atoms with E-state index in [4.69, 9.17) is 15.2 Å². The minimum Gasteiger partial charge on any atom is -0.491 e. The molecule has 21 heavy (non-hydrogen) atoms. The first-order valence-electron chi connectivity index (χ1n) is 7.48. The van der Waals surface area contributed by atoms with Gasteiger partial charge in [0.25, 0.3) is 0 Å². The van der Waals surface area contributed by atoms with Crippen LogP contribution in [0, 0.1) is 5.92 Å². The lowest BCUT2D eigenvalue weighted by Crippen LogP contribution is -2.23. The number of ether oxygens (including phenoxy) is 2. The topological polar surface area (TPSA) is 73.6 Å². The number of hydrogen-bond donors (Lipinski definition) is 2. The molecule has 1 fully saturated rings. The maximum Gasteiger partial charge on any atom is 0.227 e. The third-order valence-corrected chi connectivity index (χ3v) is 3.74. The van der Waals surface area contributed by atoms with Crippen molar-refractivity contribution in [1.82, 2.24) is 0 Å². The molecule has 0 saturated heterocycles. The van der Waals surface area contributed by atoms with E-state index in [1.54, 1.807) is 7.11 Å². The Morgan fingerprint density at radius 3 is 2.86 bits per heavy atom. The van der Waals surface area contributed by atoms with Gasteiger partial charge in [0.05, 0.1) is 12.3 Å². The summed E-state index contributed by atoms with van der Waals surface area (Å²) in [5.41, 5.74) is 6.59. The van der Waals surface area contributed by atoms with Crippen LogP contribution in [-0.4, -0.2) is 32.3 Å². The Morgan fingerprint density at radius 1 is 1.33 bits per heavy atom. The van der Waals surface area contributed by atoms with E-state index < -0.39 is 0 Å². The number of para-hydroxylation sites is 2. The van der Waals surface area contributed by atoms with Gasteiger partial charge in [-0.2, -0.15) is 0 Å². The lowest BCUT2D eigenvalue weighted by Gasteiger charge is -2.15. The van der Waals surface area contributed by atoms with Crippen LogP contribution in [0.2, 0.25) is 0 Å². The summed E-state index contributed by atoms with van der Waals surface area (Å²) in [7, 11) is 1.67. The molecule has 0 spiro atoms. The first-order chi connectivity index (χ1) is 10.2. The number of methoxy groups -OCH3 is 1. The Morgan fingerprint density at radius 2 is 2.14 bits per heavy atom. The summed E-state index contributed by atoms with van der Waals surface area (Å²) in [6.45, 7) is 1.23. The zero-order chi connectivity index (χ0) is 15.1. The molecular formula is C16H24N2O3. The first-order valence-corrected chi connectivity index (χ1v) is 7.48. The quantitative estimate of drug-likeness (QED) is 0.755. The van der Waals surface area contributed by atoms with Crippen LogP contribution in [0.15, 0.2) is 24.3 Å². The smallest absolute Gasteiger partial charge is 0.227 e. The number of amides is 1. The second kappa shape index (κ2) is 8.00. The highest BCUT2D eigenvalue weighted by Crippen LogP contribution is 2.28. The van der Waals surface area contributed by atoms with Gasteiger partial charge in [-0.15, -0.1) is 0 Å². The van der Waals surface area contributed by atoms with Crippen LogP contribution in [0.4, 0.5) is 5.69 Å². The van der Waals surface area contributed by atoms with E-state index in [9.17, 15) is 4.79 Å². The second-order valence-electron chi connectivity index (χ2n) is 5.45. The molecule has 1 aromatic carbocycles. The predicted molar refractivity (Wildman–Crippen MR) is 82.4 cm³/mol. The molecule has 0 heterocycles. The zero-order valence-electron chi connectivity index (χ0n) is 12.5. The highest BCUT2D eigenvalue weighted by atomic mass is 16.5. The van der Waals surface area contributed by atoms with E-state index in [2.05, 4.69) is 5.32 Å². The van der Waals surface area contributed by atoms with Gasteiger partial charge in [-0.05, 0) is 31.4 Å². The second-order valence-corrected chi connectivity index (χ2v) is 5.45. The lowest BCUT2D eigenvalue weighted by molar-refractivity contribution is -0.119. The van der Waals surface area contributed by atoms with Crippen molar-refractivity contribution in [2.45, 2.75) is 31.7 Å². The fourth-order valence-electron chi connectivity index (χ4n) is 2.57. The molecule has 1 aromatic rings. The molecule has 2 atom stereocenters. The summed E-state index contributed by atoms with van der Waals surface area (Å²) in [5, 5.41) is 2.96. The number of benzene rings is 1. The zero-order valence-corrected chi connectivity index (χ0v) is 12.5. The lowest BCUT2D eigenvalue weighted by atomic mass is 10.1. The van der Waals surface area contributed by atoms with Crippen molar-refractivity contribution in [3.8, 4) is 5.75 Å². The van der Waals surface area contributed by atoms with Crippen LogP contribution >= 0.6 is 0 Å². The summed E-state index contributed by atoms with van der Waals surface area (Å²) in [4.78, 5) is 12.2. The number of nitrogens with two attached hydrogens (primary N) is 1. The molecular weight excluding hydrogens is 268 g/mol. The van der Waals surface area contributed by atoms with Crippen LogP contribution in [0.25, 0.3) is 0 Å². The molecule has 0 bridgehead atoms. The molecule has 1 aliphatic carbocycles. The summed E-state index contributed by atoms with van der Waals surface area (Å²) in [6.07, 6.45) is 3.37. The van der Waals surface area contributed by atoms with E-state index in [1.807, 2.05) is 24.3 Å². The van der Waals surface area contributed by atoms with Crippen molar-refractivity contribution >= 4 is 11.6 Å². The van der Waals surface area contributed by atoms with E-state index in [0.29, 0.717) is 19.0 Å².